The van der Waals surface area contributed by atoms with E-state index in [0.717, 1.165) is 11.1 Å². The van der Waals surface area contributed by atoms with Crippen molar-refractivity contribution >= 4 is 15.7 Å². The summed E-state index contributed by atoms with van der Waals surface area (Å²) < 4.78 is 26.4. The molecule has 2 rings (SSSR count). The van der Waals surface area contributed by atoms with Crippen LogP contribution in [0.2, 0.25) is 0 Å². The molecule has 108 valence electrons. The number of sulfonamides is 1. The lowest BCUT2D eigenvalue weighted by Gasteiger charge is -2.19. The molecule has 0 saturated heterocycles. The van der Waals surface area contributed by atoms with Crippen LogP contribution in [0, 0.1) is 13.8 Å². The van der Waals surface area contributed by atoms with Crippen molar-refractivity contribution in [3.8, 4) is 0 Å². The highest BCUT2D eigenvalue weighted by Crippen LogP contribution is 2.24. The number of nitrogens with one attached hydrogen (secondary N) is 1. The summed E-state index contributed by atoms with van der Waals surface area (Å²) in [5.41, 5.74) is 8.89. The van der Waals surface area contributed by atoms with Gasteiger partial charge < -0.3 is 10.7 Å². The van der Waals surface area contributed by atoms with Crippen molar-refractivity contribution in [2.45, 2.75) is 25.3 Å². The van der Waals surface area contributed by atoms with Crippen LogP contribution in [0.15, 0.2) is 35.4 Å². The number of aromatic amines is 1. The van der Waals surface area contributed by atoms with Gasteiger partial charge in [-0.1, -0.05) is 6.07 Å². The SMILES string of the molecule is Cc1cc(C)cc(N(C)S(=O)(=O)c2c[nH]c(CN)c2)c1. The molecule has 0 radical (unpaired) electrons. The molecule has 0 aliphatic heterocycles. The van der Waals surface area contributed by atoms with Crippen molar-refractivity contribution in [2.24, 2.45) is 5.73 Å². The van der Waals surface area contributed by atoms with E-state index in [2.05, 4.69) is 4.98 Å². The average molecular weight is 293 g/mol. The molecular formula is C14H19N3O2S. The minimum absolute atomic E-state index is 0.222. The second kappa shape index (κ2) is 5.30. The predicted octanol–water partition coefficient (Wildman–Crippen LogP) is 1.92. The van der Waals surface area contributed by atoms with Crippen molar-refractivity contribution in [3.63, 3.8) is 0 Å². The molecule has 1 aromatic carbocycles. The van der Waals surface area contributed by atoms with E-state index in [1.165, 1.54) is 10.5 Å². The summed E-state index contributed by atoms with van der Waals surface area (Å²) in [5.74, 6) is 0. The Balaban J connectivity index is 2.42. The molecule has 6 heteroatoms. The summed E-state index contributed by atoms with van der Waals surface area (Å²) in [5, 5.41) is 0. The largest absolute Gasteiger partial charge is 0.363 e. The van der Waals surface area contributed by atoms with Crippen molar-refractivity contribution in [3.05, 3.63) is 47.3 Å². The van der Waals surface area contributed by atoms with Crippen LogP contribution in [-0.4, -0.2) is 20.4 Å². The normalized spacial score (nSPS) is 11.6. The second-order valence-electron chi connectivity index (χ2n) is 4.88. The molecule has 0 fully saturated rings. The fourth-order valence-corrected chi connectivity index (χ4v) is 3.31. The summed E-state index contributed by atoms with van der Waals surface area (Å²) in [6, 6.07) is 7.27. The van der Waals surface area contributed by atoms with E-state index in [9.17, 15) is 8.42 Å². The Morgan fingerprint density at radius 2 is 1.75 bits per heavy atom. The molecule has 1 heterocycles. The summed E-state index contributed by atoms with van der Waals surface area (Å²) in [6.45, 7) is 4.17. The highest BCUT2D eigenvalue weighted by molar-refractivity contribution is 7.92. The van der Waals surface area contributed by atoms with E-state index in [1.807, 2.05) is 32.0 Å². The number of aryl methyl sites for hydroxylation is 2. The van der Waals surface area contributed by atoms with Gasteiger partial charge >= 0.3 is 0 Å². The summed E-state index contributed by atoms with van der Waals surface area (Å²) in [4.78, 5) is 3.08. The Morgan fingerprint density at radius 3 is 2.25 bits per heavy atom. The first-order valence-electron chi connectivity index (χ1n) is 6.29. The smallest absolute Gasteiger partial charge is 0.265 e. The summed E-state index contributed by atoms with van der Waals surface area (Å²) in [7, 11) is -2.01. The van der Waals surface area contributed by atoms with Crippen LogP contribution in [0.5, 0.6) is 0 Å². The van der Waals surface area contributed by atoms with Gasteiger partial charge in [-0.2, -0.15) is 0 Å². The van der Waals surface area contributed by atoms with E-state index in [1.54, 1.807) is 13.1 Å². The fraction of sp³-hybridized carbons (Fsp3) is 0.286. The lowest BCUT2D eigenvalue weighted by atomic mass is 10.1. The zero-order valence-corrected chi connectivity index (χ0v) is 12.7. The van der Waals surface area contributed by atoms with Crippen molar-refractivity contribution in [1.82, 2.24) is 4.98 Å². The molecule has 0 aliphatic rings. The topological polar surface area (TPSA) is 79.2 Å². The number of nitrogens with zero attached hydrogens (tertiary/aromatic N) is 1. The Kier molecular flexibility index (Phi) is 3.87. The van der Waals surface area contributed by atoms with Crippen molar-refractivity contribution < 1.29 is 8.42 Å². The van der Waals surface area contributed by atoms with E-state index in [-0.39, 0.29) is 11.4 Å². The minimum Gasteiger partial charge on any atom is -0.363 e. The number of nitrogens with two attached hydrogens (primary N) is 1. The van der Waals surface area contributed by atoms with Crippen molar-refractivity contribution in [1.29, 1.82) is 0 Å². The summed E-state index contributed by atoms with van der Waals surface area (Å²) in [6.07, 6.45) is 1.47. The van der Waals surface area contributed by atoms with Gasteiger partial charge in [0, 0.05) is 25.5 Å². The van der Waals surface area contributed by atoms with Gasteiger partial charge in [0.25, 0.3) is 10.0 Å². The van der Waals surface area contributed by atoms with Gasteiger partial charge in [0.2, 0.25) is 0 Å². The first kappa shape index (κ1) is 14.6. The second-order valence-corrected chi connectivity index (χ2v) is 6.85. The zero-order valence-electron chi connectivity index (χ0n) is 11.8. The zero-order chi connectivity index (χ0) is 14.9. The Morgan fingerprint density at radius 1 is 1.15 bits per heavy atom. The van der Waals surface area contributed by atoms with E-state index < -0.39 is 10.0 Å². The molecule has 20 heavy (non-hydrogen) atoms. The molecular weight excluding hydrogens is 274 g/mol. The maximum absolute atomic E-state index is 12.5. The number of rotatable bonds is 4. The molecule has 0 saturated carbocycles. The first-order valence-corrected chi connectivity index (χ1v) is 7.73. The van der Waals surface area contributed by atoms with Crippen LogP contribution >= 0.6 is 0 Å². The van der Waals surface area contributed by atoms with Crippen LogP contribution < -0.4 is 10.0 Å². The maximum atomic E-state index is 12.5. The molecule has 1 aromatic heterocycles. The van der Waals surface area contributed by atoms with Gasteiger partial charge in [-0.05, 0) is 43.2 Å². The molecule has 0 bridgehead atoms. The fourth-order valence-electron chi connectivity index (χ4n) is 2.11. The molecule has 0 amide bonds. The number of anilines is 1. The van der Waals surface area contributed by atoms with Gasteiger partial charge in [0.05, 0.1) is 5.69 Å². The summed E-state index contributed by atoms with van der Waals surface area (Å²) >= 11 is 0. The highest BCUT2D eigenvalue weighted by atomic mass is 32.2. The van der Waals surface area contributed by atoms with Crippen LogP contribution in [-0.2, 0) is 16.6 Å². The minimum atomic E-state index is -3.57. The standard InChI is InChI=1S/C14H19N3O2S/c1-10-4-11(2)6-13(5-10)17(3)20(18,19)14-7-12(8-15)16-9-14/h4-7,9,16H,8,15H2,1-3H3. The van der Waals surface area contributed by atoms with E-state index in [4.69, 9.17) is 5.73 Å². The van der Waals surface area contributed by atoms with E-state index >= 15 is 0 Å². The molecule has 0 aliphatic carbocycles. The molecule has 2 aromatic rings. The first-order chi connectivity index (χ1) is 9.34. The van der Waals surface area contributed by atoms with Gasteiger partial charge in [-0.15, -0.1) is 0 Å². The number of benzene rings is 1. The van der Waals surface area contributed by atoms with E-state index in [0.29, 0.717) is 11.4 Å². The third-order valence-electron chi connectivity index (χ3n) is 3.16. The molecule has 3 N–H and O–H groups in total. The molecule has 0 unspecified atom stereocenters. The Bertz CT molecular complexity index is 700. The Labute approximate surface area is 119 Å². The quantitative estimate of drug-likeness (QED) is 0.904. The Hall–Kier alpha value is -1.79. The third kappa shape index (κ3) is 2.71. The average Bonchev–Trinajstić information content (AvgIpc) is 2.86. The van der Waals surface area contributed by atoms with Gasteiger partial charge in [-0.3, -0.25) is 4.31 Å². The lowest BCUT2D eigenvalue weighted by molar-refractivity contribution is 0.594. The van der Waals surface area contributed by atoms with Crippen molar-refractivity contribution in [2.75, 3.05) is 11.4 Å². The number of hydrogen-bond donors (Lipinski definition) is 2. The highest BCUT2D eigenvalue weighted by Gasteiger charge is 2.22. The maximum Gasteiger partial charge on any atom is 0.265 e. The third-order valence-corrected chi connectivity index (χ3v) is 4.93. The van der Waals surface area contributed by atoms with Crippen LogP contribution in [0.25, 0.3) is 0 Å². The molecule has 0 atom stereocenters. The van der Waals surface area contributed by atoms with Gasteiger partial charge in [0.15, 0.2) is 0 Å². The monoisotopic (exact) mass is 293 g/mol. The number of H-pyrrole nitrogens is 1. The van der Waals surface area contributed by atoms with Gasteiger partial charge in [0.1, 0.15) is 4.90 Å². The molecule has 5 nitrogen and oxygen atoms in total. The number of hydrogen-bond acceptors (Lipinski definition) is 3. The van der Waals surface area contributed by atoms with Gasteiger partial charge in [-0.25, -0.2) is 8.42 Å². The molecule has 0 spiro atoms. The number of aromatic nitrogens is 1. The predicted molar refractivity (Wildman–Crippen MR) is 80.2 cm³/mol. The van der Waals surface area contributed by atoms with Crippen LogP contribution in [0.1, 0.15) is 16.8 Å². The van der Waals surface area contributed by atoms with Crippen LogP contribution in [0.3, 0.4) is 0 Å². The van der Waals surface area contributed by atoms with Crippen LogP contribution in [0.4, 0.5) is 5.69 Å². The lowest BCUT2D eigenvalue weighted by Crippen LogP contribution is -2.26.